The zero-order chi connectivity index (χ0) is 14.0. The smallest absolute Gasteiger partial charge is 0.0749 e. The van der Waals surface area contributed by atoms with Gasteiger partial charge in [-0.2, -0.15) is 5.10 Å². The van der Waals surface area contributed by atoms with Gasteiger partial charge in [0.25, 0.3) is 0 Å². The summed E-state index contributed by atoms with van der Waals surface area (Å²) in [6.45, 7) is 2.91. The SMILES string of the molecule is CCCn1ncc(Br)c1C(N)c1cc(Cl)ccc1Cl. The average Bonchev–Trinajstić information content (AvgIpc) is 2.73. The van der Waals surface area contributed by atoms with Crippen LogP contribution in [0, 0.1) is 0 Å². The van der Waals surface area contributed by atoms with E-state index in [4.69, 9.17) is 28.9 Å². The van der Waals surface area contributed by atoms with Gasteiger partial charge in [-0.15, -0.1) is 0 Å². The van der Waals surface area contributed by atoms with Crippen molar-refractivity contribution < 1.29 is 0 Å². The standard InChI is InChI=1S/C13H14BrCl2N3/c1-2-5-19-13(10(14)7-18-19)12(17)9-6-8(15)3-4-11(9)16/h3-4,6-7,12H,2,5,17H2,1H3. The van der Waals surface area contributed by atoms with Gasteiger partial charge in [-0.05, 0) is 46.1 Å². The van der Waals surface area contributed by atoms with Crippen LogP contribution in [0.4, 0.5) is 0 Å². The molecule has 0 aliphatic rings. The zero-order valence-electron chi connectivity index (χ0n) is 10.4. The van der Waals surface area contributed by atoms with Gasteiger partial charge in [-0.1, -0.05) is 30.1 Å². The van der Waals surface area contributed by atoms with Crippen LogP contribution in [0.3, 0.4) is 0 Å². The van der Waals surface area contributed by atoms with E-state index in [2.05, 4.69) is 28.0 Å². The Hall–Kier alpha value is -0.550. The lowest BCUT2D eigenvalue weighted by Crippen LogP contribution is -2.18. The van der Waals surface area contributed by atoms with Crippen molar-refractivity contribution in [3.05, 3.63) is 50.2 Å². The Labute approximate surface area is 130 Å². The minimum Gasteiger partial charge on any atom is -0.319 e. The van der Waals surface area contributed by atoms with Crippen molar-refractivity contribution in [3.8, 4) is 0 Å². The van der Waals surface area contributed by atoms with Crippen LogP contribution in [-0.2, 0) is 6.54 Å². The first-order chi connectivity index (χ1) is 9.04. The third kappa shape index (κ3) is 3.14. The first-order valence-corrected chi connectivity index (χ1v) is 7.51. The molecule has 0 amide bonds. The maximum atomic E-state index is 6.33. The molecular formula is C13H14BrCl2N3. The molecule has 0 fully saturated rings. The molecule has 0 aliphatic carbocycles. The Balaban J connectivity index is 2.46. The maximum absolute atomic E-state index is 6.33. The Morgan fingerprint density at radius 3 is 2.84 bits per heavy atom. The van der Waals surface area contributed by atoms with Crippen molar-refractivity contribution >= 4 is 39.1 Å². The number of rotatable bonds is 4. The number of aromatic nitrogens is 2. The Morgan fingerprint density at radius 2 is 2.16 bits per heavy atom. The van der Waals surface area contributed by atoms with Crippen LogP contribution in [0.25, 0.3) is 0 Å². The van der Waals surface area contributed by atoms with Gasteiger partial charge in [-0.25, -0.2) is 0 Å². The zero-order valence-corrected chi connectivity index (χ0v) is 13.5. The molecule has 2 rings (SSSR count). The van der Waals surface area contributed by atoms with Crippen molar-refractivity contribution in [2.75, 3.05) is 0 Å². The number of nitrogens with two attached hydrogens (primary N) is 1. The van der Waals surface area contributed by atoms with E-state index in [9.17, 15) is 0 Å². The number of benzene rings is 1. The second-order valence-corrected chi connectivity index (χ2v) is 5.94. The molecule has 3 nitrogen and oxygen atoms in total. The maximum Gasteiger partial charge on any atom is 0.0749 e. The Kier molecular flexibility index (Phi) is 4.90. The molecule has 102 valence electrons. The highest BCUT2D eigenvalue weighted by Gasteiger charge is 2.20. The molecule has 0 spiro atoms. The minimum atomic E-state index is -0.366. The molecule has 0 radical (unpaired) electrons. The summed E-state index contributed by atoms with van der Waals surface area (Å²) in [5.74, 6) is 0. The summed E-state index contributed by atoms with van der Waals surface area (Å²) in [5.41, 5.74) is 8.04. The fourth-order valence-corrected chi connectivity index (χ4v) is 2.93. The molecule has 1 unspecified atom stereocenters. The number of aryl methyl sites for hydroxylation is 1. The first-order valence-electron chi connectivity index (χ1n) is 5.96. The van der Waals surface area contributed by atoms with Crippen molar-refractivity contribution in [3.63, 3.8) is 0 Å². The van der Waals surface area contributed by atoms with Gasteiger partial charge in [0.15, 0.2) is 0 Å². The number of halogens is 3. The minimum absolute atomic E-state index is 0.366. The molecule has 19 heavy (non-hydrogen) atoms. The van der Waals surface area contributed by atoms with Gasteiger partial charge >= 0.3 is 0 Å². The molecule has 1 atom stereocenters. The molecule has 0 saturated carbocycles. The average molecular weight is 363 g/mol. The monoisotopic (exact) mass is 361 g/mol. The van der Waals surface area contributed by atoms with E-state index in [1.54, 1.807) is 24.4 Å². The molecule has 6 heteroatoms. The van der Waals surface area contributed by atoms with Crippen molar-refractivity contribution in [1.29, 1.82) is 0 Å². The van der Waals surface area contributed by atoms with Gasteiger partial charge in [0.05, 0.1) is 22.4 Å². The third-order valence-corrected chi connectivity index (χ3v) is 4.05. The second-order valence-electron chi connectivity index (χ2n) is 4.24. The number of hydrogen-bond donors (Lipinski definition) is 1. The summed E-state index contributed by atoms with van der Waals surface area (Å²) in [6, 6.07) is 4.94. The lowest BCUT2D eigenvalue weighted by Gasteiger charge is -2.17. The highest BCUT2D eigenvalue weighted by molar-refractivity contribution is 9.10. The van der Waals surface area contributed by atoms with Crippen LogP contribution in [0.15, 0.2) is 28.9 Å². The highest BCUT2D eigenvalue weighted by Crippen LogP contribution is 2.32. The van der Waals surface area contributed by atoms with E-state index in [1.165, 1.54) is 0 Å². The summed E-state index contributed by atoms with van der Waals surface area (Å²) in [6.07, 6.45) is 2.74. The van der Waals surface area contributed by atoms with Crippen molar-refractivity contribution in [2.45, 2.75) is 25.9 Å². The topological polar surface area (TPSA) is 43.8 Å². The van der Waals surface area contributed by atoms with Crippen LogP contribution in [0.2, 0.25) is 10.0 Å². The van der Waals surface area contributed by atoms with Crippen molar-refractivity contribution in [2.24, 2.45) is 5.73 Å². The van der Waals surface area contributed by atoms with Crippen LogP contribution >= 0.6 is 39.1 Å². The van der Waals surface area contributed by atoms with Gasteiger partial charge in [0, 0.05) is 16.6 Å². The van der Waals surface area contributed by atoms with E-state index >= 15 is 0 Å². The van der Waals surface area contributed by atoms with E-state index in [1.807, 2.05) is 4.68 Å². The molecule has 1 aromatic carbocycles. The summed E-state index contributed by atoms with van der Waals surface area (Å²) in [5, 5.41) is 5.54. The van der Waals surface area contributed by atoms with Crippen LogP contribution in [-0.4, -0.2) is 9.78 Å². The lowest BCUT2D eigenvalue weighted by atomic mass is 10.0. The summed E-state index contributed by atoms with van der Waals surface area (Å²) < 4.78 is 2.77. The summed E-state index contributed by atoms with van der Waals surface area (Å²) in [7, 11) is 0. The fourth-order valence-electron chi connectivity index (χ4n) is 1.97. The van der Waals surface area contributed by atoms with E-state index < -0.39 is 0 Å². The molecule has 0 saturated heterocycles. The molecule has 2 aromatic rings. The number of nitrogens with zero attached hydrogens (tertiary/aromatic N) is 2. The largest absolute Gasteiger partial charge is 0.319 e. The lowest BCUT2D eigenvalue weighted by molar-refractivity contribution is 0.559. The molecule has 0 aliphatic heterocycles. The molecule has 1 heterocycles. The van der Waals surface area contributed by atoms with E-state index in [0.717, 1.165) is 28.7 Å². The Morgan fingerprint density at radius 1 is 1.42 bits per heavy atom. The molecule has 2 N–H and O–H groups in total. The van der Waals surface area contributed by atoms with Gasteiger partial charge in [-0.3, -0.25) is 4.68 Å². The Bertz CT molecular complexity index is 583. The van der Waals surface area contributed by atoms with Gasteiger partial charge in [0.1, 0.15) is 0 Å². The third-order valence-electron chi connectivity index (χ3n) is 2.86. The summed E-state index contributed by atoms with van der Waals surface area (Å²) in [4.78, 5) is 0. The van der Waals surface area contributed by atoms with Gasteiger partial charge in [0.2, 0.25) is 0 Å². The second kappa shape index (κ2) is 6.27. The normalized spacial score (nSPS) is 12.7. The fraction of sp³-hybridized carbons (Fsp3) is 0.308. The quantitative estimate of drug-likeness (QED) is 0.875. The predicted octanol–water partition coefficient (Wildman–Crippen LogP) is 4.41. The molecule has 1 aromatic heterocycles. The van der Waals surface area contributed by atoms with Gasteiger partial charge < -0.3 is 5.73 Å². The number of hydrogen-bond acceptors (Lipinski definition) is 2. The molecule has 0 bridgehead atoms. The predicted molar refractivity (Wildman–Crippen MR) is 82.7 cm³/mol. The van der Waals surface area contributed by atoms with Crippen LogP contribution < -0.4 is 5.73 Å². The van der Waals surface area contributed by atoms with Crippen molar-refractivity contribution in [1.82, 2.24) is 9.78 Å². The van der Waals surface area contributed by atoms with Crippen LogP contribution in [0.5, 0.6) is 0 Å². The van der Waals surface area contributed by atoms with E-state index in [0.29, 0.717) is 10.0 Å². The molecular weight excluding hydrogens is 349 g/mol. The van der Waals surface area contributed by atoms with E-state index in [-0.39, 0.29) is 6.04 Å². The highest BCUT2D eigenvalue weighted by atomic mass is 79.9. The van der Waals surface area contributed by atoms with Crippen LogP contribution in [0.1, 0.15) is 30.6 Å². The first kappa shape index (κ1) is 14.9. The summed E-state index contributed by atoms with van der Waals surface area (Å²) >= 11 is 15.7.